The van der Waals surface area contributed by atoms with E-state index in [4.69, 9.17) is 12.2 Å². The molecule has 1 atom stereocenters. The predicted octanol–water partition coefficient (Wildman–Crippen LogP) is 6.33. The molecule has 33 heavy (non-hydrogen) atoms. The number of rotatable bonds is 8. The zero-order valence-electron chi connectivity index (χ0n) is 19.5. The molecule has 4 rings (SSSR count). The Kier molecular flexibility index (Phi) is 7.35. The van der Waals surface area contributed by atoms with Crippen LogP contribution in [0, 0.1) is 12.8 Å². The van der Waals surface area contributed by atoms with Crippen LogP contribution in [0.1, 0.15) is 56.2 Å². The maximum Gasteiger partial charge on any atom is 0.267 e. The minimum absolute atomic E-state index is 0.129. The van der Waals surface area contributed by atoms with E-state index in [1.54, 1.807) is 9.80 Å². The number of carbonyl (C=O) groups is 2. The Morgan fingerprint density at radius 3 is 2.39 bits per heavy atom. The Labute approximate surface area is 206 Å². The van der Waals surface area contributed by atoms with Crippen LogP contribution in [0.5, 0.6) is 0 Å². The van der Waals surface area contributed by atoms with E-state index in [-0.39, 0.29) is 11.8 Å². The molecule has 2 aromatic carbocycles. The molecule has 6 heteroatoms. The fourth-order valence-electron chi connectivity index (χ4n) is 4.41. The van der Waals surface area contributed by atoms with Crippen molar-refractivity contribution in [3.63, 3.8) is 0 Å². The summed E-state index contributed by atoms with van der Waals surface area (Å²) in [4.78, 5) is 31.1. The summed E-state index contributed by atoms with van der Waals surface area (Å²) in [6, 6.07) is 15.9. The van der Waals surface area contributed by atoms with Gasteiger partial charge in [0, 0.05) is 12.1 Å². The van der Waals surface area contributed by atoms with Crippen molar-refractivity contribution in [2.24, 2.45) is 5.92 Å². The van der Waals surface area contributed by atoms with E-state index in [0.29, 0.717) is 33.8 Å². The Bertz CT molecular complexity index is 1110. The van der Waals surface area contributed by atoms with Crippen molar-refractivity contribution in [1.82, 2.24) is 4.90 Å². The second kappa shape index (κ2) is 10.2. The molecule has 0 saturated carbocycles. The van der Waals surface area contributed by atoms with Crippen molar-refractivity contribution in [3.05, 3.63) is 70.1 Å². The van der Waals surface area contributed by atoms with Gasteiger partial charge in [-0.1, -0.05) is 105 Å². The number of para-hydroxylation sites is 1. The Morgan fingerprint density at radius 2 is 1.70 bits per heavy atom. The lowest BCUT2D eigenvalue weighted by atomic mass is 9.98. The molecule has 1 unspecified atom stereocenters. The number of aryl methyl sites for hydroxylation is 1. The summed E-state index contributed by atoms with van der Waals surface area (Å²) >= 11 is 6.87. The van der Waals surface area contributed by atoms with Crippen molar-refractivity contribution < 1.29 is 9.59 Å². The van der Waals surface area contributed by atoms with Crippen LogP contribution in [0.4, 0.5) is 5.69 Å². The van der Waals surface area contributed by atoms with Crippen LogP contribution in [0.25, 0.3) is 5.57 Å². The molecule has 0 aliphatic carbocycles. The van der Waals surface area contributed by atoms with Gasteiger partial charge in [0.25, 0.3) is 11.8 Å². The van der Waals surface area contributed by atoms with E-state index in [2.05, 4.69) is 26.0 Å². The third-order valence-electron chi connectivity index (χ3n) is 6.44. The van der Waals surface area contributed by atoms with Crippen molar-refractivity contribution in [2.75, 3.05) is 11.4 Å². The van der Waals surface area contributed by atoms with Gasteiger partial charge in [0.2, 0.25) is 0 Å². The zero-order valence-corrected chi connectivity index (χ0v) is 21.1. The highest BCUT2D eigenvalue weighted by atomic mass is 32.2. The van der Waals surface area contributed by atoms with Gasteiger partial charge in [0.15, 0.2) is 0 Å². The molecule has 0 aromatic heterocycles. The summed E-state index contributed by atoms with van der Waals surface area (Å²) in [6.07, 6.45) is 4.38. The zero-order chi connectivity index (χ0) is 23.5. The van der Waals surface area contributed by atoms with Crippen molar-refractivity contribution in [1.29, 1.82) is 0 Å². The molecule has 0 spiro atoms. The molecule has 172 valence electrons. The summed E-state index contributed by atoms with van der Waals surface area (Å²) in [6.45, 7) is 7.49. The number of benzene rings is 2. The minimum Gasteiger partial charge on any atom is -0.303 e. The van der Waals surface area contributed by atoms with E-state index in [1.165, 1.54) is 17.3 Å². The standard InChI is InChI=1S/C27H30N2O2S2/c1-4-6-9-19(5-2)16-29-26(31)24(33-27(29)32)23-21-10-7-8-11-22(21)28(25(23)30)17-20-14-12-18(3)13-15-20/h7-8,10-15,19H,4-6,9,16-17H2,1-3H3/b24-23+. The van der Waals surface area contributed by atoms with Crippen LogP contribution in [-0.2, 0) is 16.1 Å². The molecule has 1 fully saturated rings. The fourth-order valence-corrected chi connectivity index (χ4v) is 5.76. The Hall–Kier alpha value is -2.44. The molecule has 2 amide bonds. The van der Waals surface area contributed by atoms with Gasteiger partial charge in [-0.25, -0.2) is 0 Å². The quantitative estimate of drug-likeness (QED) is 0.328. The number of thiocarbonyl (C=S) groups is 1. The monoisotopic (exact) mass is 478 g/mol. The third kappa shape index (κ3) is 4.78. The maximum atomic E-state index is 13.6. The highest BCUT2D eigenvalue weighted by molar-refractivity contribution is 8.26. The van der Waals surface area contributed by atoms with Crippen molar-refractivity contribution in [3.8, 4) is 0 Å². The first-order valence-electron chi connectivity index (χ1n) is 11.7. The van der Waals surface area contributed by atoms with Crippen LogP contribution in [0.3, 0.4) is 0 Å². The number of hydrogen-bond donors (Lipinski definition) is 0. The van der Waals surface area contributed by atoms with E-state index < -0.39 is 0 Å². The van der Waals surface area contributed by atoms with Gasteiger partial charge < -0.3 is 4.90 Å². The van der Waals surface area contributed by atoms with Crippen LogP contribution >= 0.6 is 24.0 Å². The molecule has 2 aromatic rings. The average Bonchev–Trinajstić information content (AvgIpc) is 3.25. The third-order valence-corrected chi connectivity index (χ3v) is 7.89. The summed E-state index contributed by atoms with van der Waals surface area (Å²) < 4.78 is 0.555. The van der Waals surface area contributed by atoms with E-state index in [1.807, 2.05) is 43.3 Å². The van der Waals surface area contributed by atoms with Gasteiger partial charge in [-0.3, -0.25) is 14.5 Å². The molecule has 2 heterocycles. The van der Waals surface area contributed by atoms with Crippen molar-refractivity contribution >= 4 is 51.4 Å². The van der Waals surface area contributed by atoms with E-state index in [9.17, 15) is 9.59 Å². The Balaban J connectivity index is 1.65. The molecule has 0 N–H and O–H groups in total. The highest BCUT2D eigenvalue weighted by Crippen LogP contribution is 2.45. The predicted molar refractivity (Wildman–Crippen MR) is 141 cm³/mol. The number of nitrogens with zero attached hydrogens (tertiary/aromatic N) is 2. The fraction of sp³-hybridized carbons (Fsp3) is 0.370. The molecule has 2 aliphatic rings. The molecule has 0 bridgehead atoms. The van der Waals surface area contributed by atoms with Crippen molar-refractivity contribution in [2.45, 2.75) is 53.0 Å². The lowest BCUT2D eigenvalue weighted by Gasteiger charge is -2.21. The molecular formula is C27H30N2O2S2. The van der Waals surface area contributed by atoms with Crippen LogP contribution in [0.2, 0.25) is 0 Å². The smallest absolute Gasteiger partial charge is 0.267 e. The first-order valence-corrected chi connectivity index (χ1v) is 12.9. The molecular weight excluding hydrogens is 448 g/mol. The first-order chi connectivity index (χ1) is 15.9. The summed E-state index contributed by atoms with van der Waals surface area (Å²) in [5.41, 5.74) is 4.38. The maximum absolute atomic E-state index is 13.6. The summed E-state index contributed by atoms with van der Waals surface area (Å²) in [5.74, 6) is 0.159. The number of fused-ring (bicyclic) bond motifs is 1. The van der Waals surface area contributed by atoms with Gasteiger partial charge in [-0.15, -0.1) is 0 Å². The average molecular weight is 479 g/mol. The number of anilines is 1. The SMILES string of the molecule is CCCCC(CC)CN1C(=O)/C(=C2\C(=O)N(Cc3ccc(C)cc3)c3ccccc32)SC1=S. The highest BCUT2D eigenvalue weighted by Gasteiger charge is 2.42. The summed E-state index contributed by atoms with van der Waals surface area (Å²) in [7, 11) is 0. The molecule has 2 aliphatic heterocycles. The minimum atomic E-state index is -0.129. The van der Waals surface area contributed by atoms with E-state index >= 15 is 0 Å². The van der Waals surface area contributed by atoms with Gasteiger partial charge in [-0.2, -0.15) is 0 Å². The molecule has 0 radical (unpaired) electrons. The van der Waals surface area contributed by atoms with Gasteiger partial charge >= 0.3 is 0 Å². The second-order valence-corrected chi connectivity index (χ2v) is 10.4. The number of carbonyl (C=O) groups excluding carboxylic acids is 2. The molecule has 1 saturated heterocycles. The number of unbranched alkanes of at least 4 members (excludes halogenated alkanes) is 1. The van der Waals surface area contributed by atoms with Gasteiger partial charge in [-0.05, 0) is 30.9 Å². The summed E-state index contributed by atoms with van der Waals surface area (Å²) in [5, 5.41) is 0. The van der Waals surface area contributed by atoms with Crippen LogP contribution < -0.4 is 4.90 Å². The van der Waals surface area contributed by atoms with E-state index in [0.717, 1.165) is 42.5 Å². The van der Waals surface area contributed by atoms with Gasteiger partial charge in [0.05, 0.1) is 22.7 Å². The van der Waals surface area contributed by atoms with Gasteiger partial charge in [0.1, 0.15) is 4.32 Å². The number of hydrogen-bond acceptors (Lipinski definition) is 4. The number of amides is 2. The molecule has 4 nitrogen and oxygen atoms in total. The topological polar surface area (TPSA) is 40.6 Å². The lowest BCUT2D eigenvalue weighted by Crippen LogP contribution is -2.33. The van der Waals surface area contributed by atoms with Crippen LogP contribution in [0.15, 0.2) is 53.4 Å². The first kappa shape index (κ1) is 23.7. The number of thioether (sulfide) groups is 1. The second-order valence-electron chi connectivity index (χ2n) is 8.80. The normalized spacial score (nSPS) is 18.9. The Morgan fingerprint density at radius 1 is 0.970 bits per heavy atom. The lowest BCUT2D eigenvalue weighted by molar-refractivity contribution is -0.123. The largest absolute Gasteiger partial charge is 0.303 e. The van der Waals surface area contributed by atoms with Crippen LogP contribution in [-0.4, -0.2) is 27.6 Å².